The molecule has 18 heavy (non-hydrogen) atoms. The van der Waals surface area contributed by atoms with Crippen LogP contribution >= 0.6 is 0 Å². The lowest BCUT2D eigenvalue weighted by Gasteiger charge is -2.33. The summed E-state index contributed by atoms with van der Waals surface area (Å²) in [6.45, 7) is 6.51. The first-order valence-corrected chi connectivity index (χ1v) is 7.68. The van der Waals surface area contributed by atoms with Gasteiger partial charge >= 0.3 is 0 Å². The molecule has 1 aliphatic carbocycles. The minimum atomic E-state index is 0.683. The summed E-state index contributed by atoms with van der Waals surface area (Å²) in [6.07, 6.45) is 8.28. The topological polar surface area (TPSA) is 24.5 Å². The molecule has 1 aliphatic rings. The predicted octanol–water partition coefficient (Wildman–Crippen LogP) is 2.51. The Bertz CT molecular complexity index is 193. The number of likely N-dealkylation sites (N-methyl/N-ethyl adjacent to an activating group) is 2. The van der Waals surface area contributed by atoms with Gasteiger partial charge < -0.3 is 15.0 Å². The van der Waals surface area contributed by atoms with Crippen molar-refractivity contribution in [2.45, 2.75) is 51.5 Å². The van der Waals surface area contributed by atoms with E-state index in [1.807, 2.05) is 0 Å². The fraction of sp³-hybridized carbons (Fsp3) is 1.00. The Balaban J connectivity index is 2.31. The Hall–Kier alpha value is -0.120. The number of ether oxygens (including phenoxy) is 1. The second-order valence-corrected chi connectivity index (χ2v) is 5.67. The van der Waals surface area contributed by atoms with Gasteiger partial charge in [0.15, 0.2) is 0 Å². The van der Waals surface area contributed by atoms with Gasteiger partial charge in [-0.1, -0.05) is 26.2 Å². The van der Waals surface area contributed by atoms with Gasteiger partial charge in [-0.25, -0.2) is 0 Å². The van der Waals surface area contributed by atoms with E-state index in [2.05, 4.69) is 24.2 Å². The average Bonchev–Trinajstić information content (AvgIpc) is 2.39. The van der Waals surface area contributed by atoms with Crippen molar-refractivity contribution in [3.63, 3.8) is 0 Å². The summed E-state index contributed by atoms with van der Waals surface area (Å²) in [7, 11) is 4.02. The Kier molecular flexibility index (Phi) is 8.64. The molecule has 0 amide bonds. The molecule has 0 radical (unpaired) electrons. The smallest absolute Gasteiger partial charge is 0.0474 e. The van der Waals surface area contributed by atoms with E-state index in [4.69, 9.17) is 4.74 Å². The summed E-state index contributed by atoms with van der Waals surface area (Å²) < 4.78 is 5.12. The van der Waals surface area contributed by atoms with Gasteiger partial charge in [0, 0.05) is 32.8 Å². The van der Waals surface area contributed by atoms with Crippen molar-refractivity contribution < 1.29 is 4.74 Å². The maximum atomic E-state index is 5.12. The first kappa shape index (κ1) is 15.9. The fourth-order valence-electron chi connectivity index (χ4n) is 3.08. The Morgan fingerprint density at radius 1 is 1.28 bits per heavy atom. The van der Waals surface area contributed by atoms with Gasteiger partial charge in [0.05, 0.1) is 0 Å². The summed E-state index contributed by atoms with van der Waals surface area (Å²) >= 11 is 0. The molecule has 0 aromatic heterocycles. The van der Waals surface area contributed by atoms with Crippen LogP contribution in [0.25, 0.3) is 0 Å². The van der Waals surface area contributed by atoms with Crippen molar-refractivity contribution in [1.82, 2.24) is 10.2 Å². The van der Waals surface area contributed by atoms with E-state index in [1.54, 1.807) is 7.11 Å². The lowest BCUT2D eigenvalue weighted by molar-refractivity contribution is 0.165. The highest BCUT2D eigenvalue weighted by atomic mass is 16.5. The molecule has 1 fully saturated rings. The van der Waals surface area contributed by atoms with Crippen molar-refractivity contribution in [2.75, 3.05) is 40.4 Å². The minimum Gasteiger partial charge on any atom is -0.385 e. The number of methoxy groups -OCH3 is 1. The highest BCUT2D eigenvalue weighted by Crippen LogP contribution is 2.26. The SMILES string of the molecule is CCNC(CN(C)CCCOC)C1CCCCC1. The Morgan fingerprint density at radius 2 is 2.00 bits per heavy atom. The maximum Gasteiger partial charge on any atom is 0.0474 e. The summed E-state index contributed by atoms with van der Waals surface area (Å²) in [5.41, 5.74) is 0. The molecule has 0 aromatic carbocycles. The van der Waals surface area contributed by atoms with Gasteiger partial charge in [-0.2, -0.15) is 0 Å². The number of nitrogens with one attached hydrogen (secondary N) is 1. The standard InChI is InChI=1S/C15H32N2O/c1-4-16-15(14-9-6-5-7-10-14)13-17(2)11-8-12-18-3/h14-16H,4-13H2,1-3H3. The number of nitrogens with zero attached hydrogens (tertiary/aromatic N) is 1. The van der Waals surface area contributed by atoms with Gasteiger partial charge in [0.25, 0.3) is 0 Å². The van der Waals surface area contributed by atoms with Crippen molar-refractivity contribution in [1.29, 1.82) is 0 Å². The molecule has 3 heteroatoms. The van der Waals surface area contributed by atoms with Gasteiger partial charge in [-0.15, -0.1) is 0 Å². The van der Waals surface area contributed by atoms with Crippen molar-refractivity contribution in [3.05, 3.63) is 0 Å². The second kappa shape index (κ2) is 9.76. The van der Waals surface area contributed by atoms with Crippen LogP contribution in [0.2, 0.25) is 0 Å². The quantitative estimate of drug-likeness (QED) is 0.642. The number of hydrogen-bond acceptors (Lipinski definition) is 3. The van der Waals surface area contributed by atoms with Crippen LogP contribution in [0.1, 0.15) is 45.4 Å². The van der Waals surface area contributed by atoms with Gasteiger partial charge in [0.1, 0.15) is 0 Å². The van der Waals surface area contributed by atoms with Crippen LogP contribution in [-0.4, -0.2) is 51.3 Å². The number of hydrogen-bond donors (Lipinski definition) is 1. The molecule has 1 saturated carbocycles. The monoisotopic (exact) mass is 256 g/mol. The molecule has 0 saturated heterocycles. The summed E-state index contributed by atoms with van der Waals surface area (Å²) in [6, 6.07) is 0.683. The van der Waals surface area contributed by atoms with Crippen LogP contribution in [0, 0.1) is 5.92 Å². The van der Waals surface area contributed by atoms with Crippen LogP contribution in [0.3, 0.4) is 0 Å². The molecule has 1 N–H and O–H groups in total. The average molecular weight is 256 g/mol. The molecule has 1 atom stereocenters. The predicted molar refractivity (Wildman–Crippen MR) is 78.0 cm³/mol. The Labute approximate surface area is 113 Å². The highest BCUT2D eigenvalue weighted by molar-refractivity contribution is 4.81. The van der Waals surface area contributed by atoms with Crippen LogP contribution in [0.4, 0.5) is 0 Å². The van der Waals surface area contributed by atoms with E-state index in [0.717, 1.165) is 32.0 Å². The Morgan fingerprint density at radius 3 is 2.61 bits per heavy atom. The molecule has 0 heterocycles. The largest absolute Gasteiger partial charge is 0.385 e. The molecule has 3 nitrogen and oxygen atoms in total. The zero-order valence-corrected chi connectivity index (χ0v) is 12.6. The van der Waals surface area contributed by atoms with Crippen LogP contribution in [0.15, 0.2) is 0 Å². The van der Waals surface area contributed by atoms with Crippen molar-refractivity contribution >= 4 is 0 Å². The normalized spacial score (nSPS) is 19.3. The molecular formula is C15H32N2O. The lowest BCUT2D eigenvalue weighted by atomic mass is 9.83. The molecule has 108 valence electrons. The summed E-state index contributed by atoms with van der Waals surface area (Å²) in [4.78, 5) is 2.46. The van der Waals surface area contributed by atoms with Gasteiger partial charge in [-0.3, -0.25) is 0 Å². The van der Waals surface area contributed by atoms with Crippen LogP contribution in [-0.2, 0) is 4.74 Å². The third-order valence-corrected chi connectivity index (χ3v) is 4.08. The molecule has 0 aliphatic heterocycles. The molecular weight excluding hydrogens is 224 g/mol. The molecule has 1 rings (SSSR count). The van der Waals surface area contributed by atoms with E-state index >= 15 is 0 Å². The van der Waals surface area contributed by atoms with E-state index in [-0.39, 0.29) is 0 Å². The first-order chi connectivity index (χ1) is 8.77. The van der Waals surface area contributed by atoms with E-state index in [0.29, 0.717) is 6.04 Å². The minimum absolute atomic E-state index is 0.683. The second-order valence-electron chi connectivity index (χ2n) is 5.67. The van der Waals surface area contributed by atoms with Gasteiger partial charge in [-0.05, 0) is 38.8 Å². The van der Waals surface area contributed by atoms with E-state index in [9.17, 15) is 0 Å². The zero-order valence-electron chi connectivity index (χ0n) is 12.6. The molecule has 1 unspecified atom stereocenters. The van der Waals surface area contributed by atoms with Crippen LogP contribution in [0.5, 0.6) is 0 Å². The lowest BCUT2D eigenvalue weighted by Crippen LogP contribution is -2.45. The maximum absolute atomic E-state index is 5.12. The number of rotatable bonds is 9. The van der Waals surface area contributed by atoms with Crippen molar-refractivity contribution in [2.24, 2.45) is 5.92 Å². The van der Waals surface area contributed by atoms with Crippen molar-refractivity contribution in [3.8, 4) is 0 Å². The fourth-order valence-corrected chi connectivity index (χ4v) is 3.08. The first-order valence-electron chi connectivity index (χ1n) is 7.68. The zero-order chi connectivity index (χ0) is 13.2. The summed E-state index contributed by atoms with van der Waals surface area (Å²) in [5.74, 6) is 0.892. The van der Waals surface area contributed by atoms with E-state index < -0.39 is 0 Å². The highest BCUT2D eigenvalue weighted by Gasteiger charge is 2.23. The third-order valence-electron chi connectivity index (χ3n) is 4.08. The summed E-state index contributed by atoms with van der Waals surface area (Å²) in [5, 5.41) is 3.70. The molecule has 0 spiro atoms. The van der Waals surface area contributed by atoms with Gasteiger partial charge in [0.2, 0.25) is 0 Å². The molecule has 0 aromatic rings. The van der Waals surface area contributed by atoms with Crippen LogP contribution < -0.4 is 5.32 Å². The molecule has 0 bridgehead atoms. The van der Waals surface area contributed by atoms with E-state index in [1.165, 1.54) is 38.6 Å². The third kappa shape index (κ3) is 6.17.